The predicted molar refractivity (Wildman–Crippen MR) is 139 cm³/mol. The Hall–Kier alpha value is -4.26. The molecule has 0 spiro atoms. The third-order valence-electron chi connectivity index (χ3n) is 6.18. The molecule has 13 heteroatoms. The number of quaternary nitrogens is 1. The number of likely N-dealkylation sites (tertiary alicyclic amines) is 1. The Labute approximate surface area is 225 Å². The molecule has 2 N–H and O–H groups in total. The van der Waals surface area contributed by atoms with E-state index in [0.717, 1.165) is 10.1 Å². The van der Waals surface area contributed by atoms with Gasteiger partial charge in [-0.1, -0.05) is 30.3 Å². The molecule has 1 aromatic carbocycles. The van der Waals surface area contributed by atoms with E-state index in [1.165, 1.54) is 19.4 Å². The molecule has 0 unspecified atom stereocenters. The quantitative estimate of drug-likeness (QED) is 0.412. The van der Waals surface area contributed by atoms with E-state index >= 15 is 0 Å². The van der Waals surface area contributed by atoms with Crippen LogP contribution in [-0.4, -0.2) is 69.6 Å². The van der Waals surface area contributed by atoms with E-state index in [1.54, 1.807) is 39.8 Å². The maximum Gasteiger partial charge on any atom is 0.523 e. The maximum absolute atomic E-state index is 13.5. The Morgan fingerprint density at radius 3 is 2.41 bits per heavy atom. The molecular weight excluding hydrogens is 510 g/mol. The monoisotopic (exact) mass is 544 g/mol. The number of carbonyl (C=O) groups excluding carboxylic acids is 4. The summed E-state index contributed by atoms with van der Waals surface area (Å²) in [5.41, 5.74) is -0.744. The number of nitrogens with one attached hydrogen (secondary N) is 2. The number of imide groups is 1. The van der Waals surface area contributed by atoms with Gasteiger partial charge in [0.15, 0.2) is 0 Å². The second-order valence-corrected chi connectivity index (χ2v) is 10.3. The second-order valence-electron chi connectivity index (χ2n) is 10.3. The fraction of sp³-hybridized carbons (Fsp3) is 0.462. The zero-order valence-corrected chi connectivity index (χ0v) is 22.6. The van der Waals surface area contributed by atoms with E-state index in [0.29, 0.717) is 6.42 Å². The summed E-state index contributed by atoms with van der Waals surface area (Å²) in [6.07, 6.45) is -0.680. The van der Waals surface area contributed by atoms with Crippen LogP contribution in [0.5, 0.6) is 0 Å². The van der Waals surface area contributed by atoms with Crippen molar-refractivity contribution in [3.63, 3.8) is 0 Å². The third-order valence-corrected chi connectivity index (χ3v) is 6.18. The van der Waals surface area contributed by atoms with Crippen molar-refractivity contribution in [3.8, 4) is 0 Å². The minimum Gasteiger partial charge on any atom is -0.444 e. The minimum absolute atomic E-state index is 0.0354. The number of alkyl carbamates (subject to hydrolysis) is 1. The van der Waals surface area contributed by atoms with E-state index in [1.807, 2.05) is 18.2 Å². The minimum atomic E-state index is -0.817. The molecule has 0 aliphatic carbocycles. The van der Waals surface area contributed by atoms with Crippen LogP contribution in [0.1, 0.15) is 39.7 Å². The molecule has 2 heterocycles. The number of nitrogens with zero attached hydrogens (tertiary/aromatic N) is 3. The van der Waals surface area contributed by atoms with Crippen molar-refractivity contribution in [3.05, 3.63) is 58.6 Å². The molecule has 1 aromatic heterocycles. The van der Waals surface area contributed by atoms with Crippen LogP contribution in [-0.2, 0) is 32.2 Å². The smallest absolute Gasteiger partial charge is 0.444 e. The Morgan fingerprint density at radius 2 is 1.79 bits per heavy atom. The van der Waals surface area contributed by atoms with Gasteiger partial charge in [0.2, 0.25) is 0 Å². The Bertz CT molecular complexity index is 1270. The highest BCUT2D eigenvalue weighted by atomic mass is 16.6. The molecule has 1 fully saturated rings. The first-order valence-corrected chi connectivity index (χ1v) is 12.4. The predicted octanol–water partition coefficient (Wildman–Crippen LogP) is 2.79. The average Bonchev–Trinajstić information content (AvgIpc) is 3.19. The molecule has 2 aromatic rings. The standard InChI is InChI=1S/C26H33N5O8/c1-17-13-19(27-24(35)39-26(2,3)4)15-31(17,25(36)37-5)21(32)14-30-12-11-20(28-22(30)33)29-23(34)38-16-18-9-7-6-8-10-18/h6-12,17,19H,13-16H2,1-5H3,(H-,27,28,29,33,34,35)/p+1/t17-,19+,31-/m1/s1. The van der Waals surface area contributed by atoms with Gasteiger partial charge in [-0.2, -0.15) is 14.3 Å². The summed E-state index contributed by atoms with van der Waals surface area (Å²) in [7, 11) is 1.17. The molecule has 3 atom stereocenters. The number of hydrogen-bond donors (Lipinski definition) is 2. The number of amides is 4. The van der Waals surface area contributed by atoms with Crippen molar-refractivity contribution in [2.24, 2.45) is 0 Å². The average molecular weight is 545 g/mol. The molecule has 1 saturated heterocycles. The summed E-state index contributed by atoms with van der Waals surface area (Å²) in [4.78, 5) is 67.1. The lowest BCUT2D eigenvalue weighted by atomic mass is 10.2. The van der Waals surface area contributed by atoms with Gasteiger partial charge in [0.25, 0.3) is 0 Å². The summed E-state index contributed by atoms with van der Waals surface area (Å²) in [6, 6.07) is 9.30. The molecule has 13 nitrogen and oxygen atoms in total. The SMILES string of the molecule is COC(=O)[N@+]1(C(=O)Cn2ccc(NC(=O)OCc3ccccc3)nc2=O)C[C@@H](NC(=O)OC(C)(C)C)C[C@H]1C. The molecule has 1 aliphatic heterocycles. The summed E-state index contributed by atoms with van der Waals surface area (Å²) in [5, 5.41) is 5.08. The lowest BCUT2D eigenvalue weighted by Crippen LogP contribution is -2.61. The first-order chi connectivity index (χ1) is 18.3. The molecule has 0 bridgehead atoms. The molecule has 210 valence electrons. The van der Waals surface area contributed by atoms with Gasteiger partial charge in [0.05, 0.1) is 13.2 Å². The van der Waals surface area contributed by atoms with Crippen LogP contribution in [0.15, 0.2) is 47.4 Å². The summed E-state index contributed by atoms with van der Waals surface area (Å²) in [5.74, 6) is -0.676. The van der Waals surface area contributed by atoms with E-state index in [9.17, 15) is 24.0 Å². The van der Waals surface area contributed by atoms with E-state index in [4.69, 9.17) is 14.2 Å². The lowest BCUT2D eigenvalue weighted by molar-refractivity contribution is -0.793. The molecule has 1 aliphatic rings. The van der Waals surface area contributed by atoms with Gasteiger partial charge in [0.1, 0.15) is 37.2 Å². The molecule has 4 amide bonds. The van der Waals surface area contributed by atoms with Crippen molar-refractivity contribution >= 4 is 30.0 Å². The van der Waals surface area contributed by atoms with E-state index in [2.05, 4.69) is 15.6 Å². The van der Waals surface area contributed by atoms with Crippen molar-refractivity contribution in [1.82, 2.24) is 14.9 Å². The van der Waals surface area contributed by atoms with Crippen LogP contribution < -0.4 is 16.3 Å². The van der Waals surface area contributed by atoms with E-state index < -0.39 is 58.6 Å². The van der Waals surface area contributed by atoms with Gasteiger partial charge in [0, 0.05) is 12.6 Å². The first kappa shape index (κ1) is 29.3. The third kappa shape index (κ3) is 7.41. The van der Waals surface area contributed by atoms with Crippen LogP contribution in [0.3, 0.4) is 0 Å². The molecule has 3 rings (SSSR count). The van der Waals surface area contributed by atoms with Gasteiger partial charge in [-0.3, -0.25) is 9.88 Å². The zero-order valence-electron chi connectivity index (χ0n) is 22.6. The van der Waals surface area contributed by atoms with Crippen LogP contribution in [0, 0.1) is 0 Å². The second kappa shape index (κ2) is 12.1. The Kier molecular flexibility index (Phi) is 9.07. The largest absolute Gasteiger partial charge is 0.523 e. The number of ether oxygens (including phenoxy) is 3. The van der Waals surface area contributed by atoms with Crippen LogP contribution in [0.2, 0.25) is 0 Å². The van der Waals surface area contributed by atoms with Crippen molar-refractivity contribution in [1.29, 1.82) is 0 Å². The van der Waals surface area contributed by atoms with Crippen molar-refractivity contribution in [2.45, 2.75) is 65.0 Å². The van der Waals surface area contributed by atoms with E-state index in [-0.39, 0.29) is 19.0 Å². The maximum atomic E-state index is 13.5. The molecule has 39 heavy (non-hydrogen) atoms. The van der Waals surface area contributed by atoms with Crippen LogP contribution in [0.25, 0.3) is 0 Å². The number of methoxy groups -OCH3 is 1. The first-order valence-electron chi connectivity index (χ1n) is 12.4. The van der Waals surface area contributed by atoms with Crippen LogP contribution >= 0.6 is 0 Å². The van der Waals surface area contributed by atoms with Crippen LogP contribution in [0.4, 0.5) is 20.2 Å². The van der Waals surface area contributed by atoms with Crippen molar-refractivity contribution in [2.75, 3.05) is 19.0 Å². The lowest BCUT2D eigenvalue weighted by Gasteiger charge is -2.31. The number of rotatable bonds is 6. The van der Waals surface area contributed by atoms with Gasteiger partial charge >= 0.3 is 29.9 Å². The highest BCUT2D eigenvalue weighted by Gasteiger charge is 2.57. The normalized spacial score (nSPS) is 20.5. The van der Waals surface area contributed by atoms with Gasteiger partial charge in [-0.05, 0) is 39.3 Å². The summed E-state index contributed by atoms with van der Waals surface area (Å²) >= 11 is 0. The van der Waals surface area contributed by atoms with Gasteiger partial charge in [-0.15, -0.1) is 0 Å². The fourth-order valence-electron chi connectivity index (χ4n) is 4.39. The number of anilines is 1. The number of carbonyl (C=O) groups is 4. The highest BCUT2D eigenvalue weighted by Crippen LogP contribution is 2.30. The topological polar surface area (TPSA) is 155 Å². The number of benzene rings is 1. The number of aromatic nitrogens is 2. The number of hydrogen-bond acceptors (Lipinski definition) is 9. The molecule has 0 radical (unpaired) electrons. The van der Waals surface area contributed by atoms with Gasteiger partial charge < -0.3 is 19.5 Å². The zero-order chi connectivity index (χ0) is 28.8. The summed E-state index contributed by atoms with van der Waals surface area (Å²) in [6.45, 7) is 6.35. The Morgan fingerprint density at radius 1 is 1.10 bits per heavy atom. The Balaban J connectivity index is 1.68. The molecular formula is C26H34N5O8+. The molecule has 0 saturated carbocycles. The van der Waals surface area contributed by atoms with Gasteiger partial charge in [-0.25, -0.2) is 19.2 Å². The van der Waals surface area contributed by atoms with Crippen molar-refractivity contribution < 1.29 is 37.9 Å². The highest BCUT2D eigenvalue weighted by molar-refractivity contribution is 5.83. The summed E-state index contributed by atoms with van der Waals surface area (Å²) < 4.78 is 15.7. The fourth-order valence-corrected chi connectivity index (χ4v) is 4.39.